The van der Waals surface area contributed by atoms with Crippen molar-refractivity contribution < 1.29 is 26.5 Å². The summed E-state index contributed by atoms with van der Waals surface area (Å²) in [6, 6.07) is 6.01. The van der Waals surface area contributed by atoms with Crippen molar-refractivity contribution >= 4 is 16.2 Å². The van der Waals surface area contributed by atoms with Crippen LogP contribution >= 0.6 is 0 Å². The van der Waals surface area contributed by atoms with E-state index < -0.39 is 41.1 Å². The molecule has 1 N–H and O–H groups in total. The number of alkyl carbamates (subject to hydrolysis) is 1. The molecule has 0 heterocycles. The minimum Gasteiger partial charge on any atom is -0.444 e. The third-order valence-electron chi connectivity index (χ3n) is 2.58. The van der Waals surface area contributed by atoms with E-state index in [-0.39, 0.29) is 4.90 Å². The molecule has 0 aliphatic heterocycles. The molecule has 23 heavy (non-hydrogen) atoms. The molecule has 1 aromatic carbocycles. The number of amides is 1. The van der Waals surface area contributed by atoms with Gasteiger partial charge in [-0.25, -0.2) is 9.18 Å². The summed E-state index contributed by atoms with van der Waals surface area (Å²) >= 11 is 0. The summed E-state index contributed by atoms with van der Waals surface area (Å²) in [5, 5.41) is 2.21. The van der Waals surface area contributed by atoms with Crippen molar-refractivity contribution in [3.05, 3.63) is 29.8 Å². The third kappa shape index (κ3) is 7.43. The van der Waals surface area contributed by atoms with Crippen LogP contribution in [0.2, 0.25) is 0 Å². The molecule has 1 atom stereocenters. The van der Waals surface area contributed by atoms with E-state index in [2.05, 4.69) is 9.50 Å². The average molecular weight is 347 g/mol. The summed E-state index contributed by atoms with van der Waals surface area (Å²) < 4.78 is 47.0. The monoisotopic (exact) mass is 347 g/mol. The zero-order valence-corrected chi connectivity index (χ0v) is 14.4. The standard InChI is InChI=1S/C15H22FNO5S/c1-11-5-7-13(8-6-11)23(19,20)21-10-12(16)9-17-14(18)22-15(2,3)4/h5-8,12H,9-10H2,1-4H3,(H,17,18)/t12-/m0/s1. The van der Waals surface area contributed by atoms with Gasteiger partial charge < -0.3 is 10.1 Å². The predicted molar refractivity (Wildman–Crippen MR) is 83.4 cm³/mol. The number of benzene rings is 1. The molecule has 1 amide bonds. The van der Waals surface area contributed by atoms with Gasteiger partial charge in [-0.15, -0.1) is 0 Å². The number of halogens is 1. The Morgan fingerprint density at radius 2 is 1.83 bits per heavy atom. The number of ether oxygens (including phenoxy) is 1. The van der Waals surface area contributed by atoms with Crippen LogP contribution in [0.4, 0.5) is 9.18 Å². The van der Waals surface area contributed by atoms with Crippen LogP contribution in [0.1, 0.15) is 26.3 Å². The second-order valence-electron chi connectivity index (χ2n) is 6.03. The smallest absolute Gasteiger partial charge is 0.407 e. The third-order valence-corrected chi connectivity index (χ3v) is 3.88. The van der Waals surface area contributed by atoms with Crippen LogP contribution in [0.3, 0.4) is 0 Å². The summed E-state index contributed by atoms with van der Waals surface area (Å²) in [6.07, 6.45) is -2.45. The van der Waals surface area contributed by atoms with Crippen molar-refractivity contribution in [2.75, 3.05) is 13.2 Å². The Balaban J connectivity index is 2.45. The fourth-order valence-corrected chi connectivity index (χ4v) is 2.44. The fraction of sp³-hybridized carbons (Fsp3) is 0.533. The van der Waals surface area contributed by atoms with Gasteiger partial charge in [0, 0.05) is 0 Å². The average Bonchev–Trinajstić information content (AvgIpc) is 2.41. The quantitative estimate of drug-likeness (QED) is 0.800. The second kappa shape index (κ2) is 7.74. The molecule has 0 saturated heterocycles. The molecule has 8 heteroatoms. The minimum absolute atomic E-state index is 0.0459. The number of rotatable bonds is 6. The molecule has 0 radical (unpaired) electrons. The van der Waals surface area contributed by atoms with Crippen molar-refractivity contribution in [2.24, 2.45) is 0 Å². The molecule has 0 unspecified atom stereocenters. The van der Waals surface area contributed by atoms with Crippen LogP contribution in [-0.2, 0) is 19.0 Å². The molecule has 0 bridgehead atoms. The Labute approximate surface area is 136 Å². The van der Waals surface area contributed by atoms with Gasteiger partial charge in [0.1, 0.15) is 11.8 Å². The number of carbonyl (C=O) groups excluding carboxylic acids is 1. The maximum absolute atomic E-state index is 13.6. The van der Waals surface area contributed by atoms with E-state index in [4.69, 9.17) is 4.74 Å². The second-order valence-corrected chi connectivity index (χ2v) is 7.65. The summed E-state index contributed by atoms with van der Waals surface area (Å²) in [4.78, 5) is 11.3. The van der Waals surface area contributed by atoms with Gasteiger partial charge >= 0.3 is 6.09 Å². The van der Waals surface area contributed by atoms with Crippen LogP contribution < -0.4 is 5.32 Å². The number of hydrogen-bond donors (Lipinski definition) is 1. The van der Waals surface area contributed by atoms with E-state index in [0.717, 1.165) is 5.56 Å². The van der Waals surface area contributed by atoms with Gasteiger partial charge in [-0.3, -0.25) is 4.18 Å². The molecule has 0 aliphatic rings. The lowest BCUT2D eigenvalue weighted by atomic mass is 10.2. The zero-order valence-electron chi connectivity index (χ0n) is 13.6. The van der Waals surface area contributed by atoms with E-state index in [0.29, 0.717) is 0 Å². The van der Waals surface area contributed by atoms with E-state index >= 15 is 0 Å². The topological polar surface area (TPSA) is 81.7 Å². The van der Waals surface area contributed by atoms with Crippen LogP contribution in [0.15, 0.2) is 29.2 Å². The Kier molecular flexibility index (Phi) is 6.52. The van der Waals surface area contributed by atoms with E-state index in [1.54, 1.807) is 32.9 Å². The first-order valence-electron chi connectivity index (χ1n) is 7.06. The molecule has 0 fully saturated rings. The van der Waals surface area contributed by atoms with Gasteiger partial charge in [0.05, 0.1) is 18.0 Å². The maximum Gasteiger partial charge on any atom is 0.407 e. The fourth-order valence-electron chi connectivity index (χ4n) is 1.50. The molecule has 6 nitrogen and oxygen atoms in total. The van der Waals surface area contributed by atoms with E-state index in [9.17, 15) is 17.6 Å². The minimum atomic E-state index is -4.02. The van der Waals surface area contributed by atoms with E-state index in [1.165, 1.54) is 12.1 Å². The first-order chi connectivity index (χ1) is 10.5. The highest BCUT2D eigenvalue weighted by Crippen LogP contribution is 2.14. The molecular weight excluding hydrogens is 325 g/mol. The number of alkyl halides is 1. The first kappa shape index (κ1) is 19.4. The SMILES string of the molecule is Cc1ccc(S(=O)(=O)OC[C@@H](F)CNC(=O)OC(C)(C)C)cc1. The lowest BCUT2D eigenvalue weighted by Crippen LogP contribution is -2.37. The number of nitrogens with one attached hydrogen (secondary N) is 1. The van der Waals surface area contributed by atoms with Crippen molar-refractivity contribution in [3.8, 4) is 0 Å². The summed E-state index contributed by atoms with van der Waals surface area (Å²) in [6.45, 7) is 5.76. The Hall–Kier alpha value is -1.67. The maximum atomic E-state index is 13.6. The van der Waals surface area contributed by atoms with Crippen molar-refractivity contribution in [3.63, 3.8) is 0 Å². The van der Waals surface area contributed by atoms with E-state index in [1.807, 2.05) is 6.92 Å². The van der Waals surface area contributed by atoms with Gasteiger partial charge in [0.2, 0.25) is 0 Å². The molecule has 1 rings (SSSR count). The van der Waals surface area contributed by atoms with Gasteiger partial charge in [0.25, 0.3) is 10.1 Å². The molecule has 0 aromatic heterocycles. The Bertz CT molecular complexity index is 622. The van der Waals surface area contributed by atoms with Gasteiger partial charge in [-0.1, -0.05) is 17.7 Å². The molecule has 0 aliphatic carbocycles. The summed E-state index contributed by atoms with van der Waals surface area (Å²) in [5.74, 6) is 0. The highest BCUT2D eigenvalue weighted by molar-refractivity contribution is 7.86. The molecule has 0 saturated carbocycles. The highest BCUT2D eigenvalue weighted by atomic mass is 32.2. The number of aryl methyl sites for hydroxylation is 1. The van der Waals surface area contributed by atoms with Crippen LogP contribution in [0.25, 0.3) is 0 Å². The molecule has 1 aromatic rings. The number of hydrogen-bond acceptors (Lipinski definition) is 5. The normalized spacial score (nSPS) is 13.4. The van der Waals surface area contributed by atoms with Crippen LogP contribution in [0.5, 0.6) is 0 Å². The Morgan fingerprint density at radius 1 is 1.26 bits per heavy atom. The molecule has 130 valence electrons. The lowest BCUT2D eigenvalue weighted by molar-refractivity contribution is 0.0506. The van der Waals surface area contributed by atoms with Crippen molar-refractivity contribution in [1.82, 2.24) is 5.32 Å². The van der Waals surface area contributed by atoms with Gasteiger partial charge in [-0.2, -0.15) is 8.42 Å². The zero-order chi connectivity index (χ0) is 17.7. The highest BCUT2D eigenvalue weighted by Gasteiger charge is 2.20. The molecule has 0 spiro atoms. The van der Waals surface area contributed by atoms with Crippen molar-refractivity contribution in [1.29, 1.82) is 0 Å². The lowest BCUT2D eigenvalue weighted by Gasteiger charge is -2.20. The largest absolute Gasteiger partial charge is 0.444 e. The van der Waals surface area contributed by atoms with Crippen LogP contribution in [0, 0.1) is 6.92 Å². The summed E-state index contributed by atoms with van der Waals surface area (Å²) in [5.41, 5.74) is 0.204. The number of carbonyl (C=O) groups is 1. The summed E-state index contributed by atoms with van der Waals surface area (Å²) in [7, 11) is -4.02. The first-order valence-corrected chi connectivity index (χ1v) is 8.47. The van der Waals surface area contributed by atoms with Gasteiger partial charge in [-0.05, 0) is 39.8 Å². The van der Waals surface area contributed by atoms with Gasteiger partial charge in [0.15, 0.2) is 0 Å². The van der Waals surface area contributed by atoms with Crippen LogP contribution in [-0.4, -0.2) is 39.4 Å². The Morgan fingerprint density at radius 3 is 2.35 bits per heavy atom. The van der Waals surface area contributed by atoms with Crippen molar-refractivity contribution in [2.45, 2.75) is 44.4 Å². The predicted octanol–water partition coefficient (Wildman–Crippen LogP) is 2.56. The molecular formula is C15H22FNO5S.